The predicted octanol–water partition coefficient (Wildman–Crippen LogP) is 2.85. The van der Waals surface area contributed by atoms with Crippen molar-refractivity contribution in [1.29, 1.82) is 5.26 Å². The van der Waals surface area contributed by atoms with E-state index in [-0.39, 0.29) is 16.3 Å². The number of nitro benzene ring substituents is 1. The molecule has 0 aromatic heterocycles. The molecular weight excluding hydrogens is 320 g/mol. The summed E-state index contributed by atoms with van der Waals surface area (Å²) in [7, 11) is -4.23. The Kier molecular flexibility index (Phi) is 4.33. The van der Waals surface area contributed by atoms with Crippen molar-refractivity contribution in [2.45, 2.75) is 18.7 Å². The van der Waals surface area contributed by atoms with Crippen molar-refractivity contribution in [3.05, 3.63) is 63.2 Å². The molecule has 0 saturated carbocycles. The first kappa shape index (κ1) is 16.5. The van der Waals surface area contributed by atoms with Gasteiger partial charge in [-0.15, -0.1) is 0 Å². The van der Waals surface area contributed by atoms with Crippen LogP contribution in [0, 0.1) is 35.3 Å². The molecule has 118 valence electrons. The van der Waals surface area contributed by atoms with Crippen LogP contribution < -0.4 is 4.18 Å². The second-order valence-corrected chi connectivity index (χ2v) is 6.33. The molecule has 8 heteroatoms. The molecule has 2 aromatic carbocycles. The Bertz CT molecular complexity index is 912. The van der Waals surface area contributed by atoms with Crippen LogP contribution in [0.4, 0.5) is 5.69 Å². The maximum absolute atomic E-state index is 12.4. The van der Waals surface area contributed by atoms with E-state index in [0.29, 0.717) is 16.7 Å². The van der Waals surface area contributed by atoms with Crippen molar-refractivity contribution in [3.63, 3.8) is 0 Å². The van der Waals surface area contributed by atoms with Crippen LogP contribution in [0.1, 0.15) is 16.7 Å². The highest BCUT2D eigenvalue weighted by Gasteiger charge is 2.24. The molecule has 0 heterocycles. The van der Waals surface area contributed by atoms with Gasteiger partial charge in [-0.1, -0.05) is 0 Å². The van der Waals surface area contributed by atoms with E-state index in [4.69, 9.17) is 9.44 Å². The molecule has 0 aliphatic rings. The van der Waals surface area contributed by atoms with Crippen molar-refractivity contribution in [1.82, 2.24) is 0 Å². The number of nitrogens with zero attached hydrogens (tertiary/aromatic N) is 2. The van der Waals surface area contributed by atoms with Crippen LogP contribution in [-0.4, -0.2) is 13.3 Å². The lowest BCUT2D eigenvalue weighted by atomic mass is 10.1. The fourth-order valence-corrected chi connectivity index (χ4v) is 3.19. The van der Waals surface area contributed by atoms with Crippen LogP contribution in [0.3, 0.4) is 0 Å². The van der Waals surface area contributed by atoms with Gasteiger partial charge in [0.1, 0.15) is 10.6 Å². The number of non-ortho nitro benzene ring substituents is 1. The molecule has 0 atom stereocenters. The summed E-state index contributed by atoms with van der Waals surface area (Å²) >= 11 is 0. The minimum atomic E-state index is -4.23. The van der Waals surface area contributed by atoms with Crippen LogP contribution in [-0.2, 0) is 10.1 Å². The molecule has 7 nitrogen and oxygen atoms in total. The van der Waals surface area contributed by atoms with Crippen molar-refractivity contribution in [3.8, 4) is 11.8 Å². The molecular formula is C15H12N2O5S. The van der Waals surface area contributed by atoms with Crippen LogP contribution >= 0.6 is 0 Å². The maximum Gasteiger partial charge on any atom is 0.339 e. The van der Waals surface area contributed by atoms with Gasteiger partial charge < -0.3 is 4.18 Å². The normalized spacial score (nSPS) is 10.8. The second kappa shape index (κ2) is 6.06. The molecule has 0 aliphatic carbocycles. The van der Waals surface area contributed by atoms with Crippen LogP contribution in [0.25, 0.3) is 0 Å². The van der Waals surface area contributed by atoms with E-state index in [9.17, 15) is 18.5 Å². The summed E-state index contributed by atoms with van der Waals surface area (Å²) in [4.78, 5) is 10.00. The smallest absolute Gasteiger partial charge is 0.339 e. The fourth-order valence-electron chi connectivity index (χ4n) is 1.93. The van der Waals surface area contributed by atoms with Crippen LogP contribution in [0.2, 0.25) is 0 Å². The number of hydrogen-bond donors (Lipinski definition) is 0. The van der Waals surface area contributed by atoms with Gasteiger partial charge in [0.05, 0.1) is 16.6 Å². The minimum Gasteiger partial charge on any atom is -0.379 e. The first-order chi connectivity index (χ1) is 10.7. The standard InChI is InChI=1S/C15H12N2O5S/c1-10-7-13(17(18)19)8-15(11(10)2)23(20,21)22-14-5-3-12(9-16)4-6-14/h3-8H,1-2H3. The molecule has 0 N–H and O–H groups in total. The first-order valence-electron chi connectivity index (χ1n) is 6.45. The molecule has 0 spiro atoms. The van der Waals surface area contributed by atoms with Gasteiger partial charge in [0, 0.05) is 12.1 Å². The summed E-state index contributed by atoms with van der Waals surface area (Å²) in [6, 6.07) is 9.69. The van der Waals surface area contributed by atoms with Crippen molar-refractivity contribution < 1.29 is 17.5 Å². The number of hydrogen-bond acceptors (Lipinski definition) is 6. The highest BCUT2D eigenvalue weighted by molar-refractivity contribution is 7.87. The molecule has 23 heavy (non-hydrogen) atoms. The molecule has 0 fully saturated rings. The van der Waals surface area contributed by atoms with Gasteiger partial charge in [0.15, 0.2) is 0 Å². The predicted molar refractivity (Wildman–Crippen MR) is 81.5 cm³/mol. The lowest BCUT2D eigenvalue weighted by Crippen LogP contribution is -2.12. The lowest BCUT2D eigenvalue weighted by molar-refractivity contribution is -0.385. The summed E-state index contributed by atoms with van der Waals surface area (Å²) in [5.74, 6) is 0.0209. The summed E-state index contributed by atoms with van der Waals surface area (Å²) in [6.45, 7) is 3.14. The zero-order valence-corrected chi connectivity index (χ0v) is 13.1. The molecule has 2 aromatic rings. The van der Waals surface area contributed by atoms with E-state index in [2.05, 4.69) is 0 Å². The van der Waals surface area contributed by atoms with E-state index in [1.54, 1.807) is 13.8 Å². The number of nitro groups is 1. The van der Waals surface area contributed by atoms with E-state index in [0.717, 1.165) is 6.07 Å². The van der Waals surface area contributed by atoms with E-state index < -0.39 is 15.0 Å². The molecule has 0 bridgehead atoms. The third kappa shape index (κ3) is 3.46. The van der Waals surface area contributed by atoms with Gasteiger partial charge in [0.25, 0.3) is 5.69 Å². The highest BCUT2D eigenvalue weighted by atomic mass is 32.2. The Morgan fingerprint density at radius 2 is 1.78 bits per heavy atom. The quantitative estimate of drug-likeness (QED) is 0.483. The Morgan fingerprint density at radius 3 is 2.30 bits per heavy atom. The van der Waals surface area contributed by atoms with Crippen LogP contribution in [0.15, 0.2) is 41.3 Å². The van der Waals surface area contributed by atoms with Gasteiger partial charge in [0.2, 0.25) is 0 Å². The zero-order valence-electron chi connectivity index (χ0n) is 12.3. The monoisotopic (exact) mass is 332 g/mol. The zero-order chi connectivity index (χ0) is 17.2. The Morgan fingerprint density at radius 1 is 1.17 bits per heavy atom. The number of rotatable bonds is 4. The fraction of sp³-hybridized carbons (Fsp3) is 0.133. The summed E-state index contributed by atoms with van der Waals surface area (Å²) in [5, 5.41) is 19.6. The second-order valence-electron chi connectivity index (χ2n) is 4.82. The number of benzene rings is 2. The summed E-state index contributed by atoms with van der Waals surface area (Å²) in [6.07, 6.45) is 0. The summed E-state index contributed by atoms with van der Waals surface area (Å²) in [5.41, 5.74) is 0.887. The maximum atomic E-state index is 12.4. The third-order valence-corrected chi connectivity index (χ3v) is 4.65. The SMILES string of the molecule is Cc1cc([N+](=O)[O-])cc(S(=O)(=O)Oc2ccc(C#N)cc2)c1C. The Labute approximate surface area is 133 Å². The highest BCUT2D eigenvalue weighted by Crippen LogP contribution is 2.27. The van der Waals surface area contributed by atoms with Gasteiger partial charge in [-0.25, -0.2) is 0 Å². The van der Waals surface area contributed by atoms with Crippen LogP contribution in [0.5, 0.6) is 5.75 Å². The number of aryl methyl sites for hydroxylation is 1. The molecule has 0 aliphatic heterocycles. The van der Waals surface area contributed by atoms with E-state index in [1.165, 1.54) is 30.3 Å². The van der Waals surface area contributed by atoms with E-state index >= 15 is 0 Å². The van der Waals surface area contributed by atoms with Gasteiger partial charge >= 0.3 is 10.1 Å². The largest absolute Gasteiger partial charge is 0.379 e. The average Bonchev–Trinajstić information content (AvgIpc) is 2.49. The molecule has 0 amide bonds. The Balaban J connectivity index is 2.46. The first-order valence-corrected chi connectivity index (χ1v) is 7.85. The van der Waals surface area contributed by atoms with Gasteiger partial charge in [-0.05, 0) is 49.2 Å². The van der Waals surface area contributed by atoms with Crippen molar-refractivity contribution in [2.24, 2.45) is 0 Å². The molecule has 2 rings (SSSR count). The molecule has 0 unspecified atom stereocenters. The molecule has 0 saturated heterocycles. The van der Waals surface area contributed by atoms with E-state index in [1.807, 2.05) is 6.07 Å². The lowest BCUT2D eigenvalue weighted by Gasteiger charge is -2.11. The minimum absolute atomic E-state index is 0.0209. The van der Waals surface area contributed by atoms with Gasteiger partial charge in [-0.3, -0.25) is 10.1 Å². The third-order valence-electron chi connectivity index (χ3n) is 3.27. The average molecular weight is 332 g/mol. The Hall–Kier alpha value is -2.92. The van der Waals surface area contributed by atoms with Crippen molar-refractivity contribution >= 4 is 15.8 Å². The topological polar surface area (TPSA) is 110 Å². The summed E-state index contributed by atoms with van der Waals surface area (Å²) < 4.78 is 29.8. The van der Waals surface area contributed by atoms with Gasteiger partial charge in [-0.2, -0.15) is 13.7 Å². The van der Waals surface area contributed by atoms with Crippen molar-refractivity contribution in [2.75, 3.05) is 0 Å². The number of nitriles is 1. The molecule has 0 radical (unpaired) electrons.